The molecule has 2 aromatic rings. The normalized spacial score (nSPS) is 14.6. The molecule has 0 bridgehead atoms. The Hall–Kier alpha value is -2.62. The van der Waals surface area contributed by atoms with Gasteiger partial charge < -0.3 is 10.1 Å². The summed E-state index contributed by atoms with van der Waals surface area (Å²) in [7, 11) is 0. The molecule has 1 aliphatic rings. The Bertz CT molecular complexity index is 719. The summed E-state index contributed by atoms with van der Waals surface area (Å²) in [6.07, 6.45) is 5.99. The molecular formula is C22H25NO3. The largest absolute Gasteiger partial charge is 0.464 e. The van der Waals surface area contributed by atoms with E-state index in [1.54, 1.807) is 12.1 Å². The number of benzene rings is 2. The zero-order chi connectivity index (χ0) is 18.2. The molecule has 3 rings (SSSR count). The fourth-order valence-corrected chi connectivity index (χ4v) is 3.31. The quantitative estimate of drug-likeness (QED) is 0.793. The van der Waals surface area contributed by atoms with Crippen LogP contribution in [0, 0.1) is 5.92 Å². The number of nitrogens with one attached hydrogen (secondary N) is 1. The van der Waals surface area contributed by atoms with Crippen molar-refractivity contribution in [2.45, 2.75) is 32.1 Å². The van der Waals surface area contributed by atoms with Crippen LogP contribution in [-0.2, 0) is 9.53 Å². The van der Waals surface area contributed by atoms with Gasteiger partial charge in [0.15, 0.2) is 0 Å². The summed E-state index contributed by atoms with van der Waals surface area (Å²) in [4.78, 5) is 24.0. The van der Waals surface area contributed by atoms with Crippen molar-refractivity contribution in [3.05, 3.63) is 60.2 Å². The van der Waals surface area contributed by atoms with Crippen LogP contribution in [0.5, 0.6) is 0 Å². The maximum absolute atomic E-state index is 12.2. The summed E-state index contributed by atoms with van der Waals surface area (Å²) < 4.78 is 5.29. The number of carbonyl (C=O) groups is 2. The highest BCUT2D eigenvalue weighted by Gasteiger charge is 2.16. The lowest BCUT2D eigenvalue weighted by atomic mass is 9.90. The van der Waals surface area contributed by atoms with E-state index in [2.05, 4.69) is 5.32 Å². The van der Waals surface area contributed by atoms with Crippen LogP contribution < -0.4 is 5.32 Å². The predicted molar refractivity (Wildman–Crippen MR) is 102 cm³/mol. The van der Waals surface area contributed by atoms with E-state index in [9.17, 15) is 9.59 Å². The third-order valence-corrected chi connectivity index (χ3v) is 4.85. The van der Waals surface area contributed by atoms with Crippen LogP contribution in [-0.4, -0.2) is 25.0 Å². The van der Waals surface area contributed by atoms with Gasteiger partial charge in [0.25, 0.3) is 5.91 Å². The van der Waals surface area contributed by atoms with Gasteiger partial charge in [-0.3, -0.25) is 9.59 Å². The second-order valence-electron chi connectivity index (χ2n) is 6.81. The average Bonchev–Trinajstić information content (AvgIpc) is 2.72. The monoisotopic (exact) mass is 351 g/mol. The molecule has 4 nitrogen and oxygen atoms in total. The fourth-order valence-electron chi connectivity index (χ4n) is 3.31. The minimum absolute atomic E-state index is 0.0913. The van der Waals surface area contributed by atoms with E-state index >= 15 is 0 Å². The van der Waals surface area contributed by atoms with E-state index in [1.165, 1.54) is 19.3 Å². The smallest absolute Gasteiger partial charge is 0.325 e. The summed E-state index contributed by atoms with van der Waals surface area (Å²) in [6.45, 7) is 0.381. The van der Waals surface area contributed by atoms with E-state index in [0.29, 0.717) is 18.1 Å². The third-order valence-electron chi connectivity index (χ3n) is 4.85. The SMILES string of the molecule is O=C(CNC(=O)c1ccc(-c2ccccc2)cc1)OCC1CCCCC1. The fraction of sp³-hybridized carbons (Fsp3) is 0.364. The first-order valence-electron chi connectivity index (χ1n) is 9.31. The molecule has 4 heteroatoms. The Labute approximate surface area is 154 Å². The summed E-state index contributed by atoms with van der Waals surface area (Å²) in [5.74, 6) is -0.155. The zero-order valence-electron chi connectivity index (χ0n) is 14.9. The Morgan fingerprint density at radius 1 is 0.885 bits per heavy atom. The molecule has 26 heavy (non-hydrogen) atoms. The van der Waals surface area contributed by atoms with Crippen LogP contribution in [0.15, 0.2) is 54.6 Å². The Morgan fingerprint density at radius 2 is 1.54 bits per heavy atom. The lowest BCUT2D eigenvalue weighted by Gasteiger charge is -2.21. The van der Waals surface area contributed by atoms with Gasteiger partial charge in [0.1, 0.15) is 6.54 Å². The molecule has 0 atom stereocenters. The molecule has 1 aliphatic carbocycles. The summed E-state index contributed by atoms with van der Waals surface area (Å²) in [5.41, 5.74) is 2.68. The van der Waals surface area contributed by atoms with Crippen molar-refractivity contribution in [1.82, 2.24) is 5.32 Å². The second-order valence-corrected chi connectivity index (χ2v) is 6.81. The van der Waals surface area contributed by atoms with Gasteiger partial charge in [-0.2, -0.15) is 0 Å². The minimum atomic E-state index is -0.371. The van der Waals surface area contributed by atoms with Crippen LogP contribution in [0.3, 0.4) is 0 Å². The highest BCUT2D eigenvalue weighted by Crippen LogP contribution is 2.23. The Kier molecular flexibility index (Phi) is 6.42. The number of hydrogen-bond acceptors (Lipinski definition) is 3. The number of amides is 1. The zero-order valence-corrected chi connectivity index (χ0v) is 14.9. The standard InChI is InChI=1S/C22H25NO3/c24-21(26-16-17-7-3-1-4-8-17)15-23-22(25)20-13-11-19(12-14-20)18-9-5-2-6-10-18/h2,5-6,9-14,17H,1,3-4,7-8,15-16H2,(H,23,25). The number of ether oxygens (including phenoxy) is 1. The highest BCUT2D eigenvalue weighted by molar-refractivity contribution is 5.96. The molecule has 0 unspecified atom stereocenters. The maximum atomic E-state index is 12.2. The number of rotatable bonds is 6. The highest BCUT2D eigenvalue weighted by atomic mass is 16.5. The van der Waals surface area contributed by atoms with Gasteiger partial charge >= 0.3 is 5.97 Å². The molecule has 1 saturated carbocycles. The van der Waals surface area contributed by atoms with Gasteiger partial charge in [-0.05, 0) is 42.0 Å². The van der Waals surface area contributed by atoms with Gasteiger partial charge in [-0.25, -0.2) is 0 Å². The van der Waals surface area contributed by atoms with Crippen LogP contribution >= 0.6 is 0 Å². The molecule has 0 radical (unpaired) electrons. The number of esters is 1. The van der Waals surface area contributed by atoms with Crippen molar-refractivity contribution >= 4 is 11.9 Å². The first-order valence-corrected chi connectivity index (χ1v) is 9.31. The first-order chi connectivity index (χ1) is 12.7. The molecule has 1 N–H and O–H groups in total. The van der Waals surface area contributed by atoms with E-state index < -0.39 is 0 Å². The molecule has 0 heterocycles. The molecule has 0 aliphatic heterocycles. The molecule has 2 aromatic carbocycles. The van der Waals surface area contributed by atoms with Gasteiger partial charge in [-0.15, -0.1) is 0 Å². The Morgan fingerprint density at radius 3 is 2.23 bits per heavy atom. The average molecular weight is 351 g/mol. The molecule has 1 amide bonds. The molecule has 1 fully saturated rings. The summed E-state index contributed by atoms with van der Waals surface area (Å²) in [6, 6.07) is 17.3. The lowest BCUT2D eigenvalue weighted by Crippen LogP contribution is -2.31. The predicted octanol–water partition coefficient (Wildman–Crippen LogP) is 4.21. The minimum Gasteiger partial charge on any atom is -0.464 e. The third kappa shape index (κ3) is 5.19. The maximum Gasteiger partial charge on any atom is 0.325 e. The van der Waals surface area contributed by atoms with Gasteiger partial charge in [0.05, 0.1) is 6.61 Å². The lowest BCUT2D eigenvalue weighted by molar-refractivity contribution is -0.144. The summed E-state index contributed by atoms with van der Waals surface area (Å²) >= 11 is 0. The topological polar surface area (TPSA) is 55.4 Å². The van der Waals surface area contributed by atoms with E-state index in [0.717, 1.165) is 24.0 Å². The van der Waals surface area contributed by atoms with Gasteiger partial charge in [-0.1, -0.05) is 61.7 Å². The van der Waals surface area contributed by atoms with Crippen LogP contribution in [0.1, 0.15) is 42.5 Å². The molecule has 0 spiro atoms. The summed E-state index contributed by atoms with van der Waals surface area (Å²) in [5, 5.41) is 2.63. The van der Waals surface area contributed by atoms with E-state index in [-0.39, 0.29) is 18.4 Å². The molecular weight excluding hydrogens is 326 g/mol. The second kappa shape index (κ2) is 9.18. The van der Waals surface area contributed by atoms with Crippen molar-refractivity contribution in [3.63, 3.8) is 0 Å². The molecule has 0 saturated heterocycles. The van der Waals surface area contributed by atoms with Crippen LogP contribution in [0.25, 0.3) is 11.1 Å². The molecule has 0 aromatic heterocycles. The molecule has 136 valence electrons. The van der Waals surface area contributed by atoms with Crippen molar-refractivity contribution in [1.29, 1.82) is 0 Å². The van der Waals surface area contributed by atoms with Crippen LogP contribution in [0.2, 0.25) is 0 Å². The van der Waals surface area contributed by atoms with Crippen molar-refractivity contribution in [2.24, 2.45) is 5.92 Å². The Balaban J connectivity index is 1.45. The van der Waals surface area contributed by atoms with Gasteiger partial charge in [0.2, 0.25) is 0 Å². The van der Waals surface area contributed by atoms with E-state index in [1.807, 2.05) is 42.5 Å². The van der Waals surface area contributed by atoms with Gasteiger partial charge in [0, 0.05) is 5.56 Å². The van der Waals surface area contributed by atoms with Crippen molar-refractivity contribution in [3.8, 4) is 11.1 Å². The number of carbonyl (C=O) groups excluding carboxylic acids is 2. The van der Waals surface area contributed by atoms with Crippen molar-refractivity contribution in [2.75, 3.05) is 13.2 Å². The van der Waals surface area contributed by atoms with E-state index in [4.69, 9.17) is 4.74 Å². The first kappa shape index (κ1) is 18.2. The van der Waals surface area contributed by atoms with Crippen molar-refractivity contribution < 1.29 is 14.3 Å². The number of hydrogen-bond donors (Lipinski definition) is 1. The van der Waals surface area contributed by atoms with Crippen LogP contribution in [0.4, 0.5) is 0 Å².